The average Bonchev–Trinajstić information content (AvgIpc) is 2.35. The molecule has 2 nitrogen and oxygen atoms in total. The van der Waals surface area contributed by atoms with Gasteiger partial charge in [0.25, 0.3) is 0 Å². The molecule has 0 fully saturated rings. The number of nitrogens with two attached hydrogens (primary N) is 1. The molecule has 0 aliphatic rings. The minimum absolute atomic E-state index is 0.299. The van der Waals surface area contributed by atoms with E-state index >= 15 is 0 Å². The van der Waals surface area contributed by atoms with Gasteiger partial charge in [-0.3, -0.25) is 0 Å². The number of rotatable bonds is 1. The van der Waals surface area contributed by atoms with E-state index in [1.165, 1.54) is 29.3 Å². The van der Waals surface area contributed by atoms with Gasteiger partial charge in [0.2, 0.25) is 0 Å². The molecule has 0 aliphatic heterocycles. The summed E-state index contributed by atoms with van der Waals surface area (Å²) in [5, 5.41) is 8.54. The van der Waals surface area contributed by atoms with Gasteiger partial charge in [-0.15, -0.1) is 0 Å². The van der Waals surface area contributed by atoms with Crippen LogP contribution in [-0.2, 0) is 6.54 Å². The van der Waals surface area contributed by atoms with E-state index in [0.29, 0.717) is 6.54 Å². The van der Waals surface area contributed by atoms with Crippen LogP contribution >= 0.6 is 0 Å². The third-order valence-electron chi connectivity index (χ3n) is 2.21. The largest absolute Gasteiger partial charge is 0.505 e. The van der Waals surface area contributed by atoms with Crippen molar-refractivity contribution in [1.29, 1.82) is 0 Å². The zero-order chi connectivity index (χ0) is 12.7. The fraction of sp³-hybridized carbons (Fsp3) is 0.143. The van der Waals surface area contributed by atoms with Crippen LogP contribution in [-0.4, -0.2) is 5.11 Å². The Morgan fingerprint density at radius 2 is 1.65 bits per heavy atom. The number of aryl methyl sites for hydroxylation is 1. The summed E-state index contributed by atoms with van der Waals surface area (Å²) < 4.78 is 12.1. The second kappa shape index (κ2) is 6.66. The van der Waals surface area contributed by atoms with Gasteiger partial charge in [0, 0.05) is 6.54 Å². The molecule has 90 valence electrons. The lowest BCUT2D eigenvalue weighted by molar-refractivity contribution is 0.432. The van der Waals surface area contributed by atoms with E-state index in [-0.39, 0.29) is 5.75 Å². The molecule has 0 bridgehead atoms. The van der Waals surface area contributed by atoms with Crippen LogP contribution in [0.25, 0.3) is 0 Å². The SMILES string of the molecule is Cc1ccc(CN)cc1.Oc1ccccc1F. The number of para-hydroxylation sites is 1. The molecule has 0 unspecified atom stereocenters. The molecule has 0 aromatic heterocycles. The number of hydrogen-bond acceptors (Lipinski definition) is 2. The standard InChI is InChI=1S/C8H11N.C6H5FO/c1-7-2-4-8(6-9)5-3-7;7-5-3-1-2-4-6(5)8/h2-5H,6,9H2,1H3;1-4,8H. The highest BCUT2D eigenvalue weighted by Gasteiger charge is 1.92. The number of phenols is 1. The molecule has 2 aromatic rings. The first-order valence-electron chi connectivity index (χ1n) is 5.32. The lowest BCUT2D eigenvalue weighted by Gasteiger charge is -1.94. The molecule has 0 radical (unpaired) electrons. The lowest BCUT2D eigenvalue weighted by atomic mass is 10.2. The lowest BCUT2D eigenvalue weighted by Crippen LogP contribution is -1.94. The Morgan fingerprint density at radius 3 is 2.06 bits per heavy atom. The van der Waals surface area contributed by atoms with Gasteiger partial charge in [-0.25, -0.2) is 4.39 Å². The van der Waals surface area contributed by atoms with Crippen LogP contribution in [0.5, 0.6) is 5.75 Å². The normalized spacial score (nSPS) is 9.35. The fourth-order valence-electron chi connectivity index (χ4n) is 1.18. The van der Waals surface area contributed by atoms with E-state index in [0.717, 1.165) is 0 Å². The van der Waals surface area contributed by atoms with Gasteiger partial charge in [0.05, 0.1) is 0 Å². The molecule has 3 N–H and O–H groups in total. The molecule has 0 amide bonds. The van der Waals surface area contributed by atoms with Gasteiger partial charge in [-0.1, -0.05) is 42.0 Å². The number of phenolic OH excluding ortho intramolecular Hbond substituents is 1. The van der Waals surface area contributed by atoms with Gasteiger partial charge in [0.15, 0.2) is 11.6 Å². The van der Waals surface area contributed by atoms with Crippen molar-refractivity contribution in [3.05, 3.63) is 65.5 Å². The molecule has 0 atom stereocenters. The third kappa shape index (κ3) is 4.66. The fourth-order valence-corrected chi connectivity index (χ4v) is 1.18. The smallest absolute Gasteiger partial charge is 0.164 e. The quantitative estimate of drug-likeness (QED) is 0.795. The molecule has 3 heteroatoms. The van der Waals surface area contributed by atoms with E-state index in [2.05, 4.69) is 31.2 Å². The Labute approximate surface area is 101 Å². The van der Waals surface area contributed by atoms with Crippen molar-refractivity contribution in [2.45, 2.75) is 13.5 Å². The van der Waals surface area contributed by atoms with E-state index in [4.69, 9.17) is 10.8 Å². The van der Waals surface area contributed by atoms with Crippen LogP contribution in [0.3, 0.4) is 0 Å². The van der Waals surface area contributed by atoms with Crippen molar-refractivity contribution in [3.63, 3.8) is 0 Å². The number of hydrogen-bond donors (Lipinski definition) is 2. The molecule has 2 aromatic carbocycles. The highest BCUT2D eigenvalue weighted by atomic mass is 19.1. The van der Waals surface area contributed by atoms with E-state index < -0.39 is 5.82 Å². The topological polar surface area (TPSA) is 46.2 Å². The molecule has 0 saturated heterocycles. The Morgan fingerprint density at radius 1 is 1.06 bits per heavy atom. The van der Waals surface area contributed by atoms with E-state index in [1.807, 2.05) is 0 Å². The molecule has 0 heterocycles. The zero-order valence-electron chi connectivity index (χ0n) is 9.73. The summed E-state index contributed by atoms with van der Waals surface area (Å²) in [6.45, 7) is 2.71. The second-order valence-electron chi connectivity index (χ2n) is 3.64. The highest BCUT2D eigenvalue weighted by molar-refractivity contribution is 5.21. The summed E-state index contributed by atoms with van der Waals surface area (Å²) in [6, 6.07) is 13.8. The molecular formula is C14H16FNO. The predicted molar refractivity (Wildman–Crippen MR) is 67.1 cm³/mol. The summed E-state index contributed by atoms with van der Waals surface area (Å²) in [5.41, 5.74) is 7.88. The van der Waals surface area contributed by atoms with Gasteiger partial charge < -0.3 is 10.8 Å². The molecule has 0 spiro atoms. The van der Waals surface area contributed by atoms with Crippen LogP contribution in [0.2, 0.25) is 0 Å². The molecule has 17 heavy (non-hydrogen) atoms. The third-order valence-corrected chi connectivity index (χ3v) is 2.21. The monoisotopic (exact) mass is 233 g/mol. The Balaban J connectivity index is 0.000000171. The summed E-state index contributed by atoms with van der Waals surface area (Å²) >= 11 is 0. The second-order valence-corrected chi connectivity index (χ2v) is 3.64. The molecular weight excluding hydrogens is 217 g/mol. The first kappa shape index (κ1) is 13.2. The predicted octanol–water partition coefficient (Wildman–Crippen LogP) is 2.99. The van der Waals surface area contributed by atoms with Crippen LogP contribution in [0, 0.1) is 12.7 Å². The van der Waals surface area contributed by atoms with Crippen molar-refractivity contribution in [1.82, 2.24) is 0 Å². The van der Waals surface area contributed by atoms with Crippen molar-refractivity contribution in [2.75, 3.05) is 0 Å². The van der Waals surface area contributed by atoms with Gasteiger partial charge >= 0.3 is 0 Å². The first-order valence-corrected chi connectivity index (χ1v) is 5.32. The molecule has 0 aliphatic carbocycles. The number of benzene rings is 2. The Kier molecular flexibility index (Phi) is 5.17. The maximum atomic E-state index is 12.1. The van der Waals surface area contributed by atoms with Crippen molar-refractivity contribution in [3.8, 4) is 5.75 Å². The average molecular weight is 233 g/mol. The summed E-state index contributed by atoms with van der Waals surface area (Å²) in [5.74, 6) is -0.875. The number of aromatic hydroxyl groups is 1. The van der Waals surface area contributed by atoms with Crippen molar-refractivity contribution < 1.29 is 9.50 Å². The minimum Gasteiger partial charge on any atom is -0.505 e. The Bertz CT molecular complexity index is 433. The summed E-state index contributed by atoms with van der Waals surface area (Å²) in [6.07, 6.45) is 0. The van der Waals surface area contributed by atoms with Gasteiger partial charge in [-0.2, -0.15) is 0 Å². The van der Waals surface area contributed by atoms with E-state index in [1.54, 1.807) is 6.07 Å². The zero-order valence-corrected chi connectivity index (χ0v) is 9.73. The van der Waals surface area contributed by atoms with Crippen LogP contribution in [0.4, 0.5) is 4.39 Å². The highest BCUT2D eigenvalue weighted by Crippen LogP contribution is 2.11. The van der Waals surface area contributed by atoms with E-state index in [9.17, 15) is 4.39 Å². The minimum atomic E-state index is -0.576. The van der Waals surface area contributed by atoms with Crippen molar-refractivity contribution in [2.24, 2.45) is 5.73 Å². The van der Waals surface area contributed by atoms with Crippen LogP contribution < -0.4 is 5.73 Å². The van der Waals surface area contributed by atoms with Gasteiger partial charge in [-0.05, 0) is 24.6 Å². The van der Waals surface area contributed by atoms with Crippen molar-refractivity contribution >= 4 is 0 Å². The summed E-state index contributed by atoms with van der Waals surface area (Å²) in [7, 11) is 0. The van der Waals surface area contributed by atoms with Crippen LogP contribution in [0.1, 0.15) is 11.1 Å². The van der Waals surface area contributed by atoms with Gasteiger partial charge in [0.1, 0.15) is 0 Å². The molecule has 2 rings (SSSR count). The van der Waals surface area contributed by atoms with Crippen LogP contribution in [0.15, 0.2) is 48.5 Å². The first-order chi connectivity index (χ1) is 8.13. The summed E-state index contributed by atoms with van der Waals surface area (Å²) in [4.78, 5) is 0. The Hall–Kier alpha value is -1.87. The maximum absolute atomic E-state index is 12.1. The maximum Gasteiger partial charge on any atom is 0.164 e. The number of halogens is 1. The molecule has 0 saturated carbocycles.